The van der Waals surface area contributed by atoms with Crippen molar-refractivity contribution >= 4 is 5.97 Å². The minimum Gasteiger partial charge on any atom is -0.461 e. The van der Waals surface area contributed by atoms with Crippen molar-refractivity contribution < 1.29 is 35.1 Å². The monoisotopic (exact) mass is 208 g/mol. The van der Waals surface area contributed by atoms with Gasteiger partial charge >= 0.3 is 5.97 Å². The van der Waals surface area contributed by atoms with Crippen molar-refractivity contribution in [2.45, 2.75) is 30.5 Å². The molecule has 82 valence electrons. The molecular formula is C7H12O7. The van der Waals surface area contributed by atoms with Gasteiger partial charge in [-0.15, -0.1) is 0 Å². The van der Waals surface area contributed by atoms with Crippen LogP contribution in [-0.2, 0) is 9.53 Å². The smallest absolute Gasteiger partial charge is 0.337 e. The SMILES string of the molecule is O=C1OC[C@H](O)[C@@H](O)[C@H](O)[C@H](O)[C@@H]1O. The normalized spacial score (nSPS) is 45.2. The molecule has 0 amide bonds. The van der Waals surface area contributed by atoms with Crippen molar-refractivity contribution in [1.29, 1.82) is 0 Å². The van der Waals surface area contributed by atoms with Crippen molar-refractivity contribution in [2.75, 3.05) is 6.61 Å². The summed E-state index contributed by atoms with van der Waals surface area (Å²) in [6, 6.07) is 0. The number of aliphatic hydroxyl groups is 5. The molecule has 1 saturated heterocycles. The number of rotatable bonds is 0. The second-order valence-electron chi connectivity index (χ2n) is 3.11. The predicted octanol–water partition coefficient (Wildman–Crippen LogP) is -3.65. The fourth-order valence-corrected chi connectivity index (χ4v) is 1.11. The minimum absolute atomic E-state index is 0.541. The number of cyclic esters (lactones) is 1. The van der Waals surface area contributed by atoms with E-state index in [2.05, 4.69) is 4.74 Å². The molecule has 0 aromatic heterocycles. The number of ether oxygens (including phenoxy) is 1. The number of hydrogen-bond donors (Lipinski definition) is 5. The van der Waals surface area contributed by atoms with Crippen molar-refractivity contribution in [2.24, 2.45) is 0 Å². The molecule has 5 N–H and O–H groups in total. The van der Waals surface area contributed by atoms with Crippen molar-refractivity contribution in [3.05, 3.63) is 0 Å². The van der Waals surface area contributed by atoms with Gasteiger partial charge in [0.1, 0.15) is 31.0 Å². The van der Waals surface area contributed by atoms with Crippen molar-refractivity contribution in [3.63, 3.8) is 0 Å². The molecule has 1 rings (SSSR count). The van der Waals surface area contributed by atoms with E-state index in [9.17, 15) is 9.90 Å². The highest BCUT2D eigenvalue weighted by Crippen LogP contribution is 2.13. The molecule has 7 heteroatoms. The van der Waals surface area contributed by atoms with Crippen LogP contribution < -0.4 is 0 Å². The molecule has 0 aromatic rings. The zero-order valence-corrected chi connectivity index (χ0v) is 7.15. The van der Waals surface area contributed by atoms with E-state index in [4.69, 9.17) is 20.4 Å². The summed E-state index contributed by atoms with van der Waals surface area (Å²) in [7, 11) is 0. The Bertz CT molecular complexity index is 218. The molecule has 0 saturated carbocycles. The summed E-state index contributed by atoms with van der Waals surface area (Å²) in [5, 5.41) is 45.6. The molecule has 0 unspecified atom stereocenters. The van der Waals surface area contributed by atoms with Gasteiger partial charge in [-0.2, -0.15) is 0 Å². The number of aliphatic hydroxyl groups excluding tert-OH is 5. The Balaban J connectivity index is 2.80. The van der Waals surface area contributed by atoms with E-state index in [-0.39, 0.29) is 0 Å². The third kappa shape index (κ3) is 2.02. The summed E-state index contributed by atoms with van der Waals surface area (Å²) in [4.78, 5) is 10.8. The molecule has 1 aliphatic rings. The predicted molar refractivity (Wildman–Crippen MR) is 41.0 cm³/mol. The van der Waals surface area contributed by atoms with E-state index in [0.29, 0.717) is 0 Å². The molecule has 0 aromatic carbocycles. The van der Waals surface area contributed by atoms with Crippen LogP contribution in [0.3, 0.4) is 0 Å². The second kappa shape index (κ2) is 4.20. The molecule has 0 spiro atoms. The Morgan fingerprint density at radius 1 is 1.00 bits per heavy atom. The fourth-order valence-electron chi connectivity index (χ4n) is 1.11. The molecule has 0 aliphatic carbocycles. The Kier molecular flexibility index (Phi) is 3.40. The first-order valence-electron chi connectivity index (χ1n) is 4.02. The summed E-state index contributed by atoms with van der Waals surface area (Å²) in [6.45, 7) is -0.541. The van der Waals surface area contributed by atoms with E-state index in [0.717, 1.165) is 0 Å². The number of esters is 1. The highest BCUT2D eigenvalue weighted by Gasteiger charge is 2.40. The Morgan fingerprint density at radius 2 is 1.57 bits per heavy atom. The lowest BCUT2D eigenvalue weighted by Crippen LogP contribution is -2.55. The van der Waals surface area contributed by atoms with Crippen molar-refractivity contribution in [3.8, 4) is 0 Å². The minimum atomic E-state index is -1.92. The summed E-state index contributed by atoms with van der Waals surface area (Å²) in [6.07, 6.45) is -8.77. The molecular weight excluding hydrogens is 196 g/mol. The first kappa shape index (κ1) is 11.3. The largest absolute Gasteiger partial charge is 0.461 e. The first-order chi connectivity index (χ1) is 6.45. The zero-order valence-electron chi connectivity index (χ0n) is 7.15. The van der Waals surface area contributed by atoms with E-state index >= 15 is 0 Å². The zero-order chi connectivity index (χ0) is 10.9. The number of carbonyl (C=O) groups excluding carboxylic acids is 1. The van der Waals surface area contributed by atoms with E-state index in [1.54, 1.807) is 0 Å². The lowest BCUT2D eigenvalue weighted by atomic mass is 9.98. The molecule has 14 heavy (non-hydrogen) atoms. The highest BCUT2D eigenvalue weighted by molar-refractivity contribution is 5.75. The van der Waals surface area contributed by atoms with Gasteiger partial charge in [-0.25, -0.2) is 4.79 Å². The molecule has 7 nitrogen and oxygen atoms in total. The lowest BCUT2D eigenvalue weighted by Gasteiger charge is -2.31. The van der Waals surface area contributed by atoms with Crippen LogP contribution in [0.5, 0.6) is 0 Å². The van der Waals surface area contributed by atoms with E-state index in [1.165, 1.54) is 0 Å². The van der Waals surface area contributed by atoms with Gasteiger partial charge in [-0.3, -0.25) is 0 Å². The first-order valence-corrected chi connectivity index (χ1v) is 4.02. The third-order valence-corrected chi connectivity index (χ3v) is 2.06. The van der Waals surface area contributed by atoms with Crippen LogP contribution in [0.1, 0.15) is 0 Å². The molecule has 0 radical (unpaired) electrons. The van der Waals surface area contributed by atoms with E-state index < -0.39 is 43.1 Å². The quantitative estimate of drug-likeness (QED) is 0.260. The van der Waals surface area contributed by atoms with Gasteiger partial charge in [-0.05, 0) is 0 Å². The number of carbonyl (C=O) groups is 1. The van der Waals surface area contributed by atoms with Crippen LogP contribution in [0.15, 0.2) is 0 Å². The average molecular weight is 208 g/mol. The van der Waals surface area contributed by atoms with Gasteiger partial charge in [0.25, 0.3) is 0 Å². The highest BCUT2D eigenvalue weighted by atomic mass is 16.6. The van der Waals surface area contributed by atoms with Crippen LogP contribution in [0.4, 0.5) is 0 Å². The van der Waals surface area contributed by atoms with Gasteiger partial charge in [0.2, 0.25) is 0 Å². The maximum Gasteiger partial charge on any atom is 0.337 e. The van der Waals surface area contributed by atoms with Gasteiger partial charge in [0.05, 0.1) is 0 Å². The maximum absolute atomic E-state index is 10.8. The van der Waals surface area contributed by atoms with Crippen LogP contribution in [0.25, 0.3) is 0 Å². The van der Waals surface area contributed by atoms with Crippen LogP contribution in [-0.4, -0.2) is 68.6 Å². The summed E-state index contributed by atoms with van der Waals surface area (Å²) in [5.74, 6) is -1.15. The van der Waals surface area contributed by atoms with Crippen LogP contribution in [0.2, 0.25) is 0 Å². The summed E-state index contributed by atoms with van der Waals surface area (Å²) >= 11 is 0. The molecule has 5 atom stereocenters. The van der Waals surface area contributed by atoms with E-state index in [1.807, 2.05) is 0 Å². The number of hydrogen-bond acceptors (Lipinski definition) is 7. The maximum atomic E-state index is 10.8. The molecule has 1 fully saturated rings. The molecule has 1 heterocycles. The van der Waals surface area contributed by atoms with Gasteiger partial charge in [0, 0.05) is 0 Å². The summed E-state index contributed by atoms with van der Waals surface area (Å²) in [5.41, 5.74) is 0. The lowest BCUT2D eigenvalue weighted by molar-refractivity contribution is -0.192. The standard InChI is InChI=1S/C7H12O7/c8-2-1-14-7(13)6(12)5(11)4(10)3(2)9/h2-6,8-12H,1H2/t2-,3+,4-,5-,6-/m0/s1. The Morgan fingerprint density at radius 3 is 2.14 bits per heavy atom. The third-order valence-electron chi connectivity index (χ3n) is 2.06. The van der Waals surface area contributed by atoms with Crippen molar-refractivity contribution in [1.82, 2.24) is 0 Å². The molecule has 1 aliphatic heterocycles. The Labute approximate surface area is 79.2 Å². The van der Waals surface area contributed by atoms with Crippen LogP contribution in [0, 0.1) is 0 Å². The van der Waals surface area contributed by atoms with Gasteiger partial charge in [-0.1, -0.05) is 0 Å². The Hall–Kier alpha value is -0.730. The molecule has 0 bridgehead atoms. The van der Waals surface area contributed by atoms with Gasteiger partial charge in [0.15, 0.2) is 6.10 Å². The second-order valence-corrected chi connectivity index (χ2v) is 3.11. The summed E-state index contributed by atoms with van der Waals surface area (Å²) < 4.78 is 4.33. The average Bonchev–Trinajstić information content (AvgIpc) is 2.19. The fraction of sp³-hybridized carbons (Fsp3) is 0.857. The van der Waals surface area contributed by atoms with Gasteiger partial charge < -0.3 is 30.3 Å². The topological polar surface area (TPSA) is 127 Å². The van der Waals surface area contributed by atoms with Crippen LogP contribution >= 0.6 is 0 Å².